The smallest absolute Gasteiger partial charge is 0.308 e. The molecule has 0 fully saturated rings. The predicted molar refractivity (Wildman–Crippen MR) is 102 cm³/mol. The standard InChI is InChI=1S/C19H25ClN2O4/c1-3-26-8-4-7-22(12-13(2)19(24)25)18(23)9-14-11-21-17-6-5-15(20)10-16(14)17/h5-6,10-11,13,21H,3-4,7-9,12H2,1-2H3,(H,24,25). The summed E-state index contributed by atoms with van der Waals surface area (Å²) in [6.07, 6.45) is 2.67. The number of fused-ring (bicyclic) bond motifs is 1. The second-order valence-electron chi connectivity index (χ2n) is 6.31. The fourth-order valence-corrected chi connectivity index (χ4v) is 2.97. The lowest BCUT2D eigenvalue weighted by Crippen LogP contribution is -2.38. The van der Waals surface area contributed by atoms with Crippen molar-refractivity contribution in [1.29, 1.82) is 0 Å². The third-order valence-corrected chi connectivity index (χ3v) is 4.50. The van der Waals surface area contributed by atoms with Crippen molar-refractivity contribution in [1.82, 2.24) is 9.88 Å². The lowest BCUT2D eigenvalue weighted by Gasteiger charge is -2.24. The Morgan fingerprint density at radius 2 is 2.15 bits per heavy atom. The Balaban J connectivity index is 2.10. The molecule has 26 heavy (non-hydrogen) atoms. The summed E-state index contributed by atoms with van der Waals surface area (Å²) in [4.78, 5) is 28.7. The number of hydrogen-bond acceptors (Lipinski definition) is 3. The number of aromatic amines is 1. The van der Waals surface area contributed by atoms with Crippen LogP contribution in [0.4, 0.5) is 0 Å². The van der Waals surface area contributed by atoms with Crippen molar-refractivity contribution in [2.75, 3.05) is 26.3 Å². The highest BCUT2D eigenvalue weighted by Gasteiger charge is 2.21. The molecule has 0 bridgehead atoms. The van der Waals surface area contributed by atoms with Crippen LogP contribution in [0.1, 0.15) is 25.8 Å². The van der Waals surface area contributed by atoms with Crippen LogP contribution in [0, 0.1) is 5.92 Å². The lowest BCUT2D eigenvalue weighted by atomic mass is 10.1. The number of rotatable bonds is 10. The number of nitrogens with one attached hydrogen (secondary N) is 1. The van der Waals surface area contributed by atoms with E-state index >= 15 is 0 Å². The van der Waals surface area contributed by atoms with Gasteiger partial charge in [0.05, 0.1) is 12.3 Å². The van der Waals surface area contributed by atoms with Crippen molar-refractivity contribution >= 4 is 34.4 Å². The number of carbonyl (C=O) groups is 2. The van der Waals surface area contributed by atoms with Gasteiger partial charge in [-0.25, -0.2) is 0 Å². The molecule has 1 aromatic heterocycles. The molecule has 2 aromatic rings. The van der Waals surface area contributed by atoms with Crippen LogP contribution in [0.5, 0.6) is 0 Å². The molecule has 0 aliphatic heterocycles. The number of aliphatic carboxylic acids is 1. The Hall–Kier alpha value is -2.05. The van der Waals surface area contributed by atoms with Gasteiger partial charge in [0, 0.05) is 48.4 Å². The minimum absolute atomic E-state index is 0.101. The zero-order valence-corrected chi connectivity index (χ0v) is 15.9. The van der Waals surface area contributed by atoms with E-state index in [-0.39, 0.29) is 18.9 Å². The van der Waals surface area contributed by atoms with E-state index in [1.165, 1.54) is 0 Å². The first-order valence-corrected chi connectivity index (χ1v) is 9.14. The first-order valence-electron chi connectivity index (χ1n) is 8.76. The van der Waals surface area contributed by atoms with Crippen molar-refractivity contribution in [3.63, 3.8) is 0 Å². The highest BCUT2D eigenvalue weighted by molar-refractivity contribution is 6.31. The van der Waals surface area contributed by atoms with Gasteiger partial charge in [-0.3, -0.25) is 9.59 Å². The molecule has 1 heterocycles. The highest BCUT2D eigenvalue weighted by atomic mass is 35.5. The zero-order valence-electron chi connectivity index (χ0n) is 15.1. The molecule has 0 aliphatic rings. The van der Waals surface area contributed by atoms with Gasteiger partial charge in [-0.1, -0.05) is 18.5 Å². The summed E-state index contributed by atoms with van der Waals surface area (Å²) in [6.45, 7) is 5.34. The third kappa shape index (κ3) is 5.47. The van der Waals surface area contributed by atoms with Crippen LogP contribution in [0.25, 0.3) is 10.9 Å². The number of carbonyl (C=O) groups excluding carboxylic acids is 1. The van der Waals surface area contributed by atoms with E-state index in [4.69, 9.17) is 21.4 Å². The summed E-state index contributed by atoms with van der Waals surface area (Å²) in [5, 5.41) is 10.7. The summed E-state index contributed by atoms with van der Waals surface area (Å²) in [5.41, 5.74) is 1.77. The number of aromatic nitrogens is 1. The topological polar surface area (TPSA) is 82.6 Å². The number of ether oxygens (including phenoxy) is 1. The maximum Gasteiger partial charge on any atom is 0.308 e. The van der Waals surface area contributed by atoms with Crippen molar-refractivity contribution in [2.45, 2.75) is 26.7 Å². The summed E-state index contributed by atoms with van der Waals surface area (Å²) in [5.74, 6) is -1.63. The van der Waals surface area contributed by atoms with Gasteiger partial charge in [-0.15, -0.1) is 0 Å². The Labute approximate surface area is 158 Å². The van der Waals surface area contributed by atoms with E-state index in [1.54, 1.807) is 24.1 Å². The van der Waals surface area contributed by atoms with Crippen molar-refractivity contribution < 1.29 is 19.4 Å². The SMILES string of the molecule is CCOCCCN(CC(C)C(=O)O)C(=O)Cc1c[nH]c2ccc(Cl)cc12. The maximum absolute atomic E-state index is 12.8. The van der Waals surface area contributed by atoms with Crippen LogP contribution >= 0.6 is 11.6 Å². The second kappa shape index (κ2) is 9.59. The molecule has 0 saturated heterocycles. The van der Waals surface area contributed by atoms with Gasteiger partial charge < -0.3 is 19.7 Å². The van der Waals surface area contributed by atoms with Gasteiger partial charge in [0.2, 0.25) is 5.91 Å². The molecule has 0 aliphatic carbocycles. The van der Waals surface area contributed by atoms with Gasteiger partial charge in [0.15, 0.2) is 0 Å². The number of benzene rings is 1. The molecule has 1 amide bonds. The molecule has 2 N–H and O–H groups in total. The molecule has 0 spiro atoms. The highest BCUT2D eigenvalue weighted by Crippen LogP contribution is 2.23. The van der Waals surface area contributed by atoms with Gasteiger partial charge in [-0.05, 0) is 37.1 Å². The Bertz CT molecular complexity index is 759. The van der Waals surface area contributed by atoms with Gasteiger partial charge >= 0.3 is 5.97 Å². The normalized spacial score (nSPS) is 12.3. The maximum atomic E-state index is 12.8. The number of carboxylic acids is 1. The lowest BCUT2D eigenvalue weighted by molar-refractivity contribution is -0.143. The molecule has 1 unspecified atom stereocenters. The minimum Gasteiger partial charge on any atom is -0.481 e. The number of carboxylic acid groups (broad SMARTS) is 1. The van der Waals surface area contributed by atoms with Crippen molar-refractivity contribution in [3.05, 3.63) is 35.0 Å². The zero-order chi connectivity index (χ0) is 19.1. The first-order chi connectivity index (χ1) is 12.4. The number of H-pyrrole nitrogens is 1. The fraction of sp³-hybridized carbons (Fsp3) is 0.474. The monoisotopic (exact) mass is 380 g/mol. The summed E-state index contributed by atoms with van der Waals surface area (Å²) >= 11 is 6.06. The molecule has 1 aromatic carbocycles. The van der Waals surface area contributed by atoms with Gasteiger partial charge in [0.1, 0.15) is 0 Å². The molecule has 1 atom stereocenters. The molecule has 7 heteroatoms. The van der Waals surface area contributed by atoms with Crippen LogP contribution in [0.15, 0.2) is 24.4 Å². The number of amides is 1. The summed E-state index contributed by atoms with van der Waals surface area (Å²) in [6, 6.07) is 5.49. The van der Waals surface area contributed by atoms with Crippen molar-refractivity contribution in [2.24, 2.45) is 5.92 Å². The van der Waals surface area contributed by atoms with E-state index in [0.717, 1.165) is 16.5 Å². The van der Waals surface area contributed by atoms with Crippen LogP contribution in [-0.4, -0.2) is 53.2 Å². The molecule has 2 rings (SSSR count). The quantitative estimate of drug-likeness (QED) is 0.619. The predicted octanol–water partition coefficient (Wildman–Crippen LogP) is 3.34. The van der Waals surface area contributed by atoms with Crippen molar-refractivity contribution in [3.8, 4) is 0 Å². The van der Waals surface area contributed by atoms with Crippen LogP contribution in [0.2, 0.25) is 5.02 Å². The Kier molecular flexibility index (Phi) is 7.48. The van der Waals surface area contributed by atoms with Crippen LogP contribution in [-0.2, 0) is 20.7 Å². The number of halogens is 1. The van der Waals surface area contributed by atoms with Crippen LogP contribution < -0.4 is 0 Å². The average Bonchev–Trinajstić information content (AvgIpc) is 2.99. The number of hydrogen-bond donors (Lipinski definition) is 2. The molecule has 6 nitrogen and oxygen atoms in total. The van der Waals surface area contributed by atoms with Gasteiger partial charge in [0.25, 0.3) is 0 Å². The molecular formula is C19H25ClN2O4. The number of nitrogens with zero attached hydrogens (tertiary/aromatic N) is 1. The second-order valence-corrected chi connectivity index (χ2v) is 6.75. The fourth-order valence-electron chi connectivity index (χ4n) is 2.80. The molecular weight excluding hydrogens is 356 g/mol. The van der Waals surface area contributed by atoms with E-state index in [0.29, 0.717) is 31.2 Å². The third-order valence-electron chi connectivity index (χ3n) is 4.26. The Morgan fingerprint density at radius 3 is 2.85 bits per heavy atom. The van der Waals surface area contributed by atoms with E-state index in [1.807, 2.05) is 19.1 Å². The van der Waals surface area contributed by atoms with Crippen LogP contribution in [0.3, 0.4) is 0 Å². The van der Waals surface area contributed by atoms with E-state index < -0.39 is 11.9 Å². The largest absolute Gasteiger partial charge is 0.481 e. The van der Waals surface area contributed by atoms with E-state index in [2.05, 4.69) is 4.98 Å². The minimum atomic E-state index is -0.911. The van der Waals surface area contributed by atoms with E-state index in [9.17, 15) is 9.59 Å². The van der Waals surface area contributed by atoms with Gasteiger partial charge in [-0.2, -0.15) is 0 Å². The molecule has 0 radical (unpaired) electrons. The summed E-state index contributed by atoms with van der Waals surface area (Å²) < 4.78 is 5.32. The molecule has 142 valence electrons. The first kappa shape index (κ1) is 20.3. The summed E-state index contributed by atoms with van der Waals surface area (Å²) in [7, 11) is 0. The average molecular weight is 381 g/mol. The Morgan fingerprint density at radius 1 is 1.38 bits per heavy atom. The molecule has 0 saturated carbocycles.